The van der Waals surface area contributed by atoms with Crippen LogP contribution in [0.15, 0.2) is 23.1 Å². The summed E-state index contributed by atoms with van der Waals surface area (Å²) in [5, 5.41) is 10.8. The van der Waals surface area contributed by atoms with E-state index in [1.165, 1.54) is 23.9 Å². The highest BCUT2D eigenvalue weighted by atomic mass is 16.5. The van der Waals surface area contributed by atoms with Gasteiger partial charge in [-0.05, 0) is 12.1 Å². The van der Waals surface area contributed by atoms with Gasteiger partial charge < -0.3 is 10.1 Å². The molecule has 0 saturated heterocycles. The number of hydrogen-bond donors (Lipinski definition) is 1. The fourth-order valence-electron chi connectivity index (χ4n) is 1.04. The Balaban J connectivity index is 2.82. The van der Waals surface area contributed by atoms with E-state index < -0.39 is 5.56 Å². The van der Waals surface area contributed by atoms with Crippen molar-refractivity contribution < 1.29 is 9.53 Å². The summed E-state index contributed by atoms with van der Waals surface area (Å²) in [6.07, 6.45) is 1.48. The molecule has 1 amide bonds. The highest BCUT2D eigenvalue weighted by Gasteiger charge is 2.05. The fourth-order valence-corrected chi connectivity index (χ4v) is 1.04. The molecule has 0 aliphatic rings. The minimum atomic E-state index is -0.423. The summed E-state index contributed by atoms with van der Waals surface area (Å²) in [7, 11) is 1.48. The van der Waals surface area contributed by atoms with E-state index in [1.54, 1.807) is 6.07 Å². The van der Waals surface area contributed by atoms with Crippen molar-refractivity contribution in [1.82, 2.24) is 9.88 Å². The van der Waals surface area contributed by atoms with Crippen LogP contribution in [0, 0.1) is 11.3 Å². The van der Waals surface area contributed by atoms with E-state index in [-0.39, 0.29) is 24.8 Å². The number of nitrogens with zero attached hydrogens (tertiary/aromatic N) is 2. The quantitative estimate of drug-likeness (QED) is 0.742. The van der Waals surface area contributed by atoms with E-state index in [9.17, 15) is 9.59 Å². The third-order valence-electron chi connectivity index (χ3n) is 1.86. The van der Waals surface area contributed by atoms with Crippen LogP contribution < -0.4 is 15.6 Å². The molecule has 6 heteroatoms. The van der Waals surface area contributed by atoms with E-state index in [1.807, 2.05) is 6.07 Å². The second kappa shape index (κ2) is 5.56. The maximum absolute atomic E-state index is 11.6. The van der Waals surface area contributed by atoms with Crippen LogP contribution in [0.5, 0.6) is 5.75 Å². The van der Waals surface area contributed by atoms with Crippen molar-refractivity contribution in [2.75, 3.05) is 13.7 Å². The molecule has 1 aromatic rings. The number of amides is 1. The molecule has 0 aliphatic carbocycles. The molecule has 1 aromatic heterocycles. The molecule has 0 spiro atoms. The van der Waals surface area contributed by atoms with Gasteiger partial charge in [0.2, 0.25) is 0 Å². The Bertz CT molecular complexity index is 473. The zero-order valence-electron chi connectivity index (χ0n) is 8.77. The Morgan fingerprint density at radius 2 is 2.44 bits per heavy atom. The Morgan fingerprint density at radius 1 is 1.69 bits per heavy atom. The topological polar surface area (TPSA) is 84.1 Å². The first-order valence-electron chi connectivity index (χ1n) is 4.59. The summed E-state index contributed by atoms with van der Waals surface area (Å²) >= 11 is 0. The van der Waals surface area contributed by atoms with E-state index in [2.05, 4.69) is 5.32 Å². The molecule has 1 heterocycles. The molecule has 0 aromatic carbocycles. The first kappa shape index (κ1) is 11.8. The lowest BCUT2D eigenvalue weighted by molar-refractivity contribution is -0.122. The molecule has 1 N–H and O–H groups in total. The van der Waals surface area contributed by atoms with Gasteiger partial charge in [0, 0.05) is 13.2 Å². The number of nitrogens with one attached hydrogen (secondary N) is 1. The van der Waals surface area contributed by atoms with Gasteiger partial charge in [0.15, 0.2) is 12.4 Å². The maximum Gasteiger partial charge on any atom is 0.293 e. The second-order valence-corrected chi connectivity index (χ2v) is 2.93. The standard InChI is InChI=1S/C10H11N3O3/c1-12-9(14)7-16-8-3-2-5-13(6-4-11)10(8)15/h2-3,5H,6-7H2,1H3,(H,12,14). The summed E-state index contributed by atoms with van der Waals surface area (Å²) in [6.45, 7) is -0.266. The van der Waals surface area contributed by atoms with Gasteiger partial charge in [-0.1, -0.05) is 0 Å². The lowest BCUT2D eigenvalue weighted by atomic mass is 10.4. The molecular weight excluding hydrogens is 210 g/mol. The number of carbonyl (C=O) groups excluding carboxylic acids is 1. The first-order valence-corrected chi connectivity index (χ1v) is 4.59. The molecule has 0 unspecified atom stereocenters. The molecule has 0 bridgehead atoms. The van der Waals surface area contributed by atoms with Crippen molar-refractivity contribution in [2.45, 2.75) is 6.54 Å². The molecular formula is C10H11N3O3. The number of rotatable bonds is 4. The molecule has 84 valence electrons. The third-order valence-corrected chi connectivity index (χ3v) is 1.86. The highest BCUT2D eigenvalue weighted by Crippen LogP contribution is 2.01. The van der Waals surface area contributed by atoms with Crippen molar-refractivity contribution >= 4 is 5.91 Å². The first-order chi connectivity index (χ1) is 7.69. The van der Waals surface area contributed by atoms with Crippen molar-refractivity contribution in [3.05, 3.63) is 28.7 Å². The van der Waals surface area contributed by atoms with E-state index in [0.29, 0.717) is 0 Å². The number of hydrogen-bond acceptors (Lipinski definition) is 4. The fraction of sp³-hybridized carbons (Fsp3) is 0.300. The number of carbonyl (C=O) groups is 1. The lowest BCUT2D eigenvalue weighted by Crippen LogP contribution is -2.28. The lowest BCUT2D eigenvalue weighted by Gasteiger charge is -2.06. The highest BCUT2D eigenvalue weighted by molar-refractivity contribution is 5.77. The van der Waals surface area contributed by atoms with Crippen molar-refractivity contribution in [2.24, 2.45) is 0 Å². The largest absolute Gasteiger partial charge is 0.478 e. The average Bonchev–Trinajstić information content (AvgIpc) is 2.30. The minimum absolute atomic E-state index is 0.0456. The third kappa shape index (κ3) is 2.85. The molecule has 0 saturated carbocycles. The Hall–Kier alpha value is -2.29. The van der Waals surface area contributed by atoms with Crippen LogP contribution in [0.1, 0.15) is 0 Å². The van der Waals surface area contributed by atoms with Gasteiger partial charge >= 0.3 is 0 Å². The van der Waals surface area contributed by atoms with Crippen LogP contribution in [0.3, 0.4) is 0 Å². The number of aromatic nitrogens is 1. The van der Waals surface area contributed by atoms with Gasteiger partial charge in [0.25, 0.3) is 11.5 Å². The molecule has 1 rings (SSSR count). The van der Waals surface area contributed by atoms with Crippen molar-refractivity contribution in [3.8, 4) is 11.8 Å². The monoisotopic (exact) mass is 221 g/mol. The predicted octanol–water partition coefficient (Wildman–Crippen LogP) is -0.503. The van der Waals surface area contributed by atoms with E-state index >= 15 is 0 Å². The van der Waals surface area contributed by atoms with E-state index in [0.717, 1.165) is 0 Å². The maximum atomic E-state index is 11.6. The normalized spacial score (nSPS) is 9.25. The number of pyridine rings is 1. The van der Waals surface area contributed by atoms with E-state index in [4.69, 9.17) is 10.00 Å². The molecule has 0 fully saturated rings. The molecule has 0 aliphatic heterocycles. The zero-order valence-corrected chi connectivity index (χ0v) is 8.77. The Kier molecular flexibility index (Phi) is 4.09. The number of ether oxygens (including phenoxy) is 1. The van der Waals surface area contributed by atoms with Gasteiger partial charge in [-0.2, -0.15) is 5.26 Å². The number of likely N-dealkylation sites (N-methyl/N-ethyl adjacent to an activating group) is 1. The minimum Gasteiger partial charge on any atom is -0.478 e. The molecule has 0 radical (unpaired) electrons. The molecule has 6 nitrogen and oxygen atoms in total. The SMILES string of the molecule is CNC(=O)COc1cccn(CC#N)c1=O. The summed E-state index contributed by atoms with van der Waals surface area (Å²) in [5.74, 6) is -0.267. The van der Waals surface area contributed by atoms with Gasteiger partial charge in [-0.15, -0.1) is 0 Å². The van der Waals surface area contributed by atoms with Crippen molar-refractivity contribution in [3.63, 3.8) is 0 Å². The summed E-state index contributed by atoms with van der Waals surface area (Å²) in [5.41, 5.74) is -0.423. The number of nitriles is 1. The van der Waals surface area contributed by atoms with Crippen LogP contribution in [-0.2, 0) is 11.3 Å². The smallest absolute Gasteiger partial charge is 0.293 e. The van der Waals surface area contributed by atoms with Crippen LogP contribution in [0.2, 0.25) is 0 Å². The van der Waals surface area contributed by atoms with Gasteiger partial charge in [0.1, 0.15) is 6.54 Å². The van der Waals surface area contributed by atoms with Crippen LogP contribution in [-0.4, -0.2) is 24.1 Å². The second-order valence-electron chi connectivity index (χ2n) is 2.93. The average molecular weight is 221 g/mol. The van der Waals surface area contributed by atoms with Gasteiger partial charge in [0.05, 0.1) is 6.07 Å². The van der Waals surface area contributed by atoms with Gasteiger partial charge in [-0.3, -0.25) is 14.2 Å². The summed E-state index contributed by atoms with van der Waals surface area (Å²) in [6, 6.07) is 4.89. The summed E-state index contributed by atoms with van der Waals surface area (Å²) < 4.78 is 6.23. The Morgan fingerprint density at radius 3 is 3.06 bits per heavy atom. The van der Waals surface area contributed by atoms with Crippen LogP contribution in [0.25, 0.3) is 0 Å². The van der Waals surface area contributed by atoms with Crippen molar-refractivity contribution in [1.29, 1.82) is 5.26 Å². The Labute approximate surface area is 92.1 Å². The molecule has 16 heavy (non-hydrogen) atoms. The molecule has 0 atom stereocenters. The van der Waals surface area contributed by atoms with Crippen LogP contribution >= 0.6 is 0 Å². The van der Waals surface area contributed by atoms with Gasteiger partial charge in [-0.25, -0.2) is 0 Å². The van der Waals surface area contributed by atoms with Crippen LogP contribution in [0.4, 0.5) is 0 Å². The zero-order chi connectivity index (χ0) is 12.0. The predicted molar refractivity (Wildman–Crippen MR) is 55.9 cm³/mol. The summed E-state index contributed by atoms with van der Waals surface area (Å²) in [4.78, 5) is 22.5.